The average molecular weight is 170 g/mol. The fourth-order valence-corrected chi connectivity index (χ4v) is 1.33. The highest BCUT2D eigenvalue weighted by Crippen LogP contribution is 2.18. The van der Waals surface area contributed by atoms with E-state index in [9.17, 15) is 4.79 Å². The number of carboxylic acid groups (broad SMARTS) is 1. The maximum atomic E-state index is 10.4. The van der Waals surface area contributed by atoms with Gasteiger partial charge in [0.05, 0.1) is 0 Å². The Morgan fingerprint density at radius 3 is 2.67 bits per heavy atom. The van der Waals surface area contributed by atoms with E-state index in [0.29, 0.717) is 18.8 Å². The summed E-state index contributed by atoms with van der Waals surface area (Å²) in [6.07, 6.45) is 0.913. The molecule has 0 spiro atoms. The zero-order valence-corrected chi connectivity index (χ0v) is 7.21. The fraction of sp³-hybridized carbons (Fsp3) is 0.750. The summed E-state index contributed by atoms with van der Waals surface area (Å²) in [7, 11) is 0. The van der Waals surface area contributed by atoms with Crippen LogP contribution in [0.5, 0.6) is 0 Å². The molecule has 0 saturated carbocycles. The summed E-state index contributed by atoms with van der Waals surface area (Å²) in [6, 6.07) is 0. The van der Waals surface area contributed by atoms with E-state index >= 15 is 0 Å². The summed E-state index contributed by atoms with van der Waals surface area (Å²) in [5.74, 6) is 0.195. The Labute approximate surface area is 71.7 Å². The molecular weight excluding hydrogens is 156 g/mol. The first-order valence-electron chi connectivity index (χ1n) is 4.20. The van der Waals surface area contributed by atoms with E-state index in [-0.39, 0.29) is 5.92 Å². The van der Waals surface area contributed by atoms with Crippen molar-refractivity contribution < 1.29 is 9.90 Å². The van der Waals surface area contributed by atoms with Crippen molar-refractivity contribution in [2.75, 3.05) is 13.1 Å². The van der Waals surface area contributed by atoms with Crippen molar-refractivity contribution in [2.45, 2.75) is 19.8 Å². The molecule has 1 fully saturated rings. The van der Waals surface area contributed by atoms with Crippen molar-refractivity contribution in [3.8, 4) is 0 Å². The second kappa shape index (κ2) is 3.56. The first-order chi connectivity index (χ1) is 5.65. The molecule has 0 bridgehead atoms. The summed E-state index contributed by atoms with van der Waals surface area (Å²) in [5, 5.41) is 16.1. The van der Waals surface area contributed by atoms with Crippen molar-refractivity contribution in [1.29, 1.82) is 5.41 Å². The highest BCUT2D eigenvalue weighted by Gasteiger charge is 2.32. The molecule has 0 unspecified atom stereocenters. The predicted octanol–water partition coefficient (Wildman–Crippen LogP) is 1.42. The normalized spacial score (nSPS) is 17.2. The maximum absolute atomic E-state index is 10.4. The molecule has 0 atom stereocenters. The van der Waals surface area contributed by atoms with Crippen molar-refractivity contribution >= 4 is 11.8 Å². The number of nitrogens with zero attached hydrogens (tertiary/aromatic N) is 1. The van der Waals surface area contributed by atoms with E-state index in [2.05, 4.69) is 0 Å². The van der Waals surface area contributed by atoms with E-state index in [4.69, 9.17) is 10.5 Å². The van der Waals surface area contributed by atoms with Gasteiger partial charge in [0.25, 0.3) is 0 Å². The monoisotopic (exact) mass is 170 g/mol. The molecule has 2 N–H and O–H groups in total. The van der Waals surface area contributed by atoms with Crippen LogP contribution >= 0.6 is 0 Å². The maximum Gasteiger partial charge on any atom is 0.407 e. The summed E-state index contributed by atoms with van der Waals surface area (Å²) in [4.78, 5) is 11.7. The number of amides is 1. The van der Waals surface area contributed by atoms with Crippen molar-refractivity contribution in [2.24, 2.45) is 5.92 Å². The average Bonchev–Trinajstić information content (AvgIpc) is 1.82. The lowest BCUT2D eigenvalue weighted by Gasteiger charge is -2.37. The van der Waals surface area contributed by atoms with Crippen LogP contribution in [0, 0.1) is 11.3 Å². The van der Waals surface area contributed by atoms with Gasteiger partial charge >= 0.3 is 6.09 Å². The van der Waals surface area contributed by atoms with Crippen LogP contribution in [-0.2, 0) is 0 Å². The number of carbonyl (C=O) groups is 1. The van der Waals surface area contributed by atoms with Crippen LogP contribution in [0.4, 0.5) is 4.79 Å². The van der Waals surface area contributed by atoms with Crippen molar-refractivity contribution in [3.05, 3.63) is 0 Å². The molecule has 0 radical (unpaired) electrons. The molecule has 0 aromatic rings. The Morgan fingerprint density at radius 2 is 2.25 bits per heavy atom. The van der Waals surface area contributed by atoms with Crippen LogP contribution in [0.25, 0.3) is 0 Å². The van der Waals surface area contributed by atoms with Crippen LogP contribution in [-0.4, -0.2) is 34.9 Å². The van der Waals surface area contributed by atoms with Gasteiger partial charge in [0.2, 0.25) is 0 Å². The minimum Gasteiger partial charge on any atom is -0.465 e. The van der Waals surface area contributed by atoms with E-state index in [1.165, 1.54) is 4.90 Å². The molecule has 1 saturated heterocycles. The van der Waals surface area contributed by atoms with Gasteiger partial charge < -0.3 is 15.4 Å². The SMILES string of the molecule is CCCC(=N)C1CN(C(=O)O)C1. The summed E-state index contributed by atoms with van der Waals surface area (Å²) in [6.45, 7) is 3.07. The largest absolute Gasteiger partial charge is 0.465 e. The molecule has 1 amide bonds. The molecule has 1 aliphatic heterocycles. The Bertz CT molecular complexity index is 197. The van der Waals surface area contributed by atoms with Gasteiger partial charge in [0, 0.05) is 24.7 Å². The van der Waals surface area contributed by atoms with Gasteiger partial charge in [-0.3, -0.25) is 0 Å². The minimum atomic E-state index is -0.865. The van der Waals surface area contributed by atoms with Gasteiger partial charge in [0.1, 0.15) is 0 Å². The highest BCUT2D eigenvalue weighted by molar-refractivity contribution is 5.86. The van der Waals surface area contributed by atoms with Gasteiger partial charge in [0.15, 0.2) is 0 Å². The van der Waals surface area contributed by atoms with Crippen LogP contribution in [0.15, 0.2) is 0 Å². The molecule has 68 valence electrons. The van der Waals surface area contributed by atoms with Gasteiger partial charge in [-0.1, -0.05) is 13.3 Å². The second-order valence-corrected chi connectivity index (χ2v) is 3.16. The zero-order chi connectivity index (χ0) is 9.14. The summed E-state index contributed by atoms with van der Waals surface area (Å²) in [5.41, 5.74) is 0.704. The van der Waals surface area contributed by atoms with E-state index in [1.54, 1.807) is 0 Å². The number of rotatable bonds is 3. The van der Waals surface area contributed by atoms with Crippen LogP contribution in [0.3, 0.4) is 0 Å². The van der Waals surface area contributed by atoms with Crippen molar-refractivity contribution in [3.63, 3.8) is 0 Å². The lowest BCUT2D eigenvalue weighted by molar-refractivity contribution is 0.102. The molecule has 0 aliphatic carbocycles. The molecule has 1 rings (SSSR count). The lowest BCUT2D eigenvalue weighted by atomic mass is 9.92. The third kappa shape index (κ3) is 1.75. The summed E-state index contributed by atoms with van der Waals surface area (Å²) < 4.78 is 0. The number of nitrogens with one attached hydrogen (secondary N) is 1. The Hall–Kier alpha value is -1.06. The number of hydrogen-bond acceptors (Lipinski definition) is 2. The molecule has 4 nitrogen and oxygen atoms in total. The molecule has 12 heavy (non-hydrogen) atoms. The van der Waals surface area contributed by atoms with Crippen LogP contribution in [0.2, 0.25) is 0 Å². The van der Waals surface area contributed by atoms with E-state index < -0.39 is 6.09 Å². The van der Waals surface area contributed by atoms with Gasteiger partial charge in [-0.2, -0.15) is 0 Å². The molecule has 0 aromatic heterocycles. The summed E-state index contributed by atoms with van der Waals surface area (Å²) >= 11 is 0. The van der Waals surface area contributed by atoms with Crippen LogP contribution < -0.4 is 0 Å². The Kier molecular flexibility index (Phi) is 2.68. The molecular formula is C8H14N2O2. The van der Waals surface area contributed by atoms with Gasteiger partial charge in [-0.15, -0.1) is 0 Å². The highest BCUT2D eigenvalue weighted by atomic mass is 16.4. The Morgan fingerprint density at radius 1 is 1.67 bits per heavy atom. The first-order valence-corrected chi connectivity index (χ1v) is 4.20. The topological polar surface area (TPSA) is 64.4 Å². The quantitative estimate of drug-likeness (QED) is 0.629. The standard InChI is InChI=1S/C8H14N2O2/c1-2-3-7(9)6-4-10(5-6)8(11)12/h6,9H,2-5H2,1H3,(H,11,12). The smallest absolute Gasteiger partial charge is 0.407 e. The minimum absolute atomic E-state index is 0.195. The van der Waals surface area contributed by atoms with Crippen LogP contribution in [0.1, 0.15) is 19.8 Å². The first kappa shape index (κ1) is 9.03. The fourth-order valence-electron chi connectivity index (χ4n) is 1.33. The van der Waals surface area contributed by atoms with Gasteiger partial charge in [-0.05, 0) is 6.42 Å². The number of likely N-dealkylation sites (tertiary alicyclic amines) is 1. The molecule has 4 heteroatoms. The Balaban J connectivity index is 2.25. The zero-order valence-electron chi connectivity index (χ0n) is 7.21. The van der Waals surface area contributed by atoms with E-state index in [0.717, 1.165) is 12.8 Å². The lowest BCUT2D eigenvalue weighted by Crippen LogP contribution is -2.52. The second-order valence-electron chi connectivity index (χ2n) is 3.16. The molecule has 1 aliphatic rings. The predicted molar refractivity (Wildman–Crippen MR) is 45.7 cm³/mol. The third-order valence-corrected chi connectivity index (χ3v) is 2.16. The molecule has 1 heterocycles. The van der Waals surface area contributed by atoms with E-state index in [1.807, 2.05) is 6.92 Å². The number of hydrogen-bond donors (Lipinski definition) is 2. The molecule has 0 aromatic carbocycles. The third-order valence-electron chi connectivity index (χ3n) is 2.16. The van der Waals surface area contributed by atoms with Gasteiger partial charge in [-0.25, -0.2) is 4.79 Å². The van der Waals surface area contributed by atoms with Crippen molar-refractivity contribution in [1.82, 2.24) is 4.90 Å².